The summed E-state index contributed by atoms with van der Waals surface area (Å²) in [6.07, 6.45) is 2.26. The molecule has 2 aromatic carbocycles. The molecular formula is C19H20N2O4S. The second kappa shape index (κ2) is 7.29. The average molecular weight is 372 g/mol. The lowest BCUT2D eigenvalue weighted by Gasteiger charge is -2.17. The van der Waals surface area contributed by atoms with E-state index in [1.807, 2.05) is 12.1 Å². The molecule has 136 valence electrons. The fourth-order valence-electron chi connectivity index (χ4n) is 2.87. The van der Waals surface area contributed by atoms with Crippen molar-refractivity contribution in [3.05, 3.63) is 64.7 Å². The molecule has 2 amide bonds. The summed E-state index contributed by atoms with van der Waals surface area (Å²) >= 11 is 0. The normalized spacial score (nSPS) is 13.7. The van der Waals surface area contributed by atoms with Gasteiger partial charge in [0.25, 0.3) is 5.91 Å². The molecule has 0 bridgehead atoms. The number of fused-ring (bicyclic) bond motifs is 1. The first-order valence-corrected chi connectivity index (χ1v) is 10.3. The van der Waals surface area contributed by atoms with Gasteiger partial charge in [-0.15, -0.1) is 0 Å². The number of nitrogens with one attached hydrogen (secondary N) is 2. The van der Waals surface area contributed by atoms with Crippen molar-refractivity contribution >= 4 is 27.3 Å². The Morgan fingerprint density at radius 1 is 1.08 bits per heavy atom. The van der Waals surface area contributed by atoms with Crippen LogP contribution in [0.3, 0.4) is 0 Å². The Bertz CT molecular complexity index is 950. The number of amides is 2. The lowest BCUT2D eigenvalue weighted by Crippen LogP contribution is -2.24. The summed E-state index contributed by atoms with van der Waals surface area (Å²) in [6.45, 7) is 0.353. The van der Waals surface area contributed by atoms with Crippen molar-refractivity contribution in [2.75, 3.05) is 11.6 Å². The Morgan fingerprint density at radius 2 is 1.77 bits per heavy atom. The van der Waals surface area contributed by atoms with Crippen molar-refractivity contribution in [1.29, 1.82) is 0 Å². The molecule has 6 nitrogen and oxygen atoms in total. The maximum Gasteiger partial charge on any atom is 0.251 e. The van der Waals surface area contributed by atoms with E-state index in [1.165, 1.54) is 6.26 Å². The molecule has 7 heteroatoms. The number of sulfone groups is 1. The highest BCUT2D eigenvalue weighted by Gasteiger charge is 2.16. The minimum absolute atomic E-state index is 0.00526. The molecule has 3 rings (SSSR count). The zero-order chi connectivity index (χ0) is 18.7. The highest BCUT2D eigenvalue weighted by molar-refractivity contribution is 7.89. The van der Waals surface area contributed by atoms with Gasteiger partial charge in [-0.3, -0.25) is 9.59 Å². The summed E-state index contributed by atoms with van der Waals surface area (Å²) in [6, 6.07) is 12.4. The quantitative estimate of drug-likeness (QED) is 0.840. The Hall–Kier alpha value is -2.67. The second-order valence-corrected chi connectivity index (χ2v) is 8.63. The summed E-state index contributed by atoms with van der Waals surface area (Å²) < 4.78 is 22.6. The maximum absolute atomic E-state index is 12.3. The van der Waals surface area contributed by atoms with Gasteiger partial charge in [0, 0.05) is 30.5 Å². The molecule has 0 aromatic heterocycles. The average Bonchev–Trinajstić information content (AvgIpc) is 2.59. The monoisotopic (exact) mass is 372 g/mol. The molecule has 1 heterocycles. The predicted molar refractivity (Wildman–Crippen MR) is 99.6 cm³/mol. The smallest absolute Gasteiger partial charge is 0.251 e. The minimum atomic E-state index is -3.06. The Balaban J connectivity index is 1.61. The van der Waals surface area contributed by atoms with Crippen LogP contribution in [0.2, 0.25) is 0 Å². The third kappa shape index (κ3) is 4.70. The van der Waals surface area contributed by atoms with Gasteiger partial charge in [0.1, 0.15) is 0 Å². The fourth-order valence-corrected chi connectivity index (χ4v) is 3.66. The van der Waals surface area contributed by atoms with Gasteiger partial charge in [-0.1, -0.05) is 24.3 Å². The van der Waals surface area contributed by atoms with Crippen LogP contribution in [0.15, 0.2) is 42.5 Å². The maximum atomic E-state index is 12.3. The fraction of sp³-hybridized carbons (Fsp3) is 0.263. The molecule has 0 saturated heterocycles. The summed E-state index contributed by atoms with van der Waals surface area (Å²) in [5, 5.41) is 5.65. The highest BCUT2D eigenvalue weighted by Crippen LogP contribution is 2.23. The summed E-state index contributed by atoms with van der Waals surface area (Å²) in [7, 11) is -3.06. The van der Waals surface area contributed by atoms with Crippen molar-refractivity contribution in [2.24, 2.45) is 0 Å². The molecule has 1 aliphatic rings. The molecule has 0 fully saturated rings. The first kappa shape index (κ1) is 18.1. The van der Waals surface area contributed by atoms with Crippen LogP contribution in [-0.2, 0) is 33.4 Å². The molecule has 0 spiro atoms. The highest BCUT2D eigenvalue weighted by atomic mass is 32.2. The standard InChI is InChI=1S/C19H20N2O4S/c1-26(24,25)12-14-4-2-13(3-5-14)11-20-19(23)16-6-8-17-15(10-16)7-9-18(22)21-17/h2-6,8,10H,7,9,11-12H2,1H3,(H,20,23)(H,21,22). The Kier molecular flexibility index (Phi) is 5.08. The Labute approximate surface area is 152 Å². The molecule has 2 N–H and O–H groups in total. The van der Waals surface area contributed by atoms with Gasteiger partial charge in [0.05, 0.1) is 5.75 Å². The third-order valence-corrected chi connectivity index (χ3v) is 5.03. The van der Waals surface area contributed by atoms with Crippen molar-refractivity contribution in [3.8, 4) is 0 Å². The lowest BCUT2D eigenvalue weighted by molar-refractivity contribution is -0.116. The van der Waals surface area contributed by atoms with Gasteiger partial charge in [-0.2, -0.15) is 0 Å². The van der Waals surface area contributed by atoms with Crippen LogP contribution in [0.1, 0.15) is 33.5 Å². The van der Waals surface area contributed by atoms with Crippen LogP contribution >= 0.6 is 0 Å². The first-order chi connectivity index (χ1) is 12.3. The molecule has 0 atom stereocenters. The zero-order valence-corrected chi connectivity index (χ0v) is 15.2. The summed E-state index contributed by atoms with van der Waals surface area (Å²) in [5.41, 5.74) is 3.88. The topological polar surface area (TPSA) is 92.3 Å². The van der Waals surface area contributed by atoms with Gasteiger partial charge in [0.15, 0.2) is 9.84 Å². The molecule has 0 radical (unpaired) electrons. The van der Waals surface area contributed by atoms with E-state index in [1.54, 1.807) is 30.3 Å². The molecule has 0 saturated carbocycles. The summed E-state index contributed by atoms with van der Waals surface area (Å²) in [5.74, 6) is -0.190. The van der Waals surface area contributed by atoms with E-state index in [9.17, 15) is 18.0 Å². The van der Waals surface area contributed by atoms with Crippen LogP contribution in [-0.4, -0.2) is 26.5 Å². The van der Waals surface area contributed by atoms with E-state index in [-0.39, 0.29) is 17.6 Å². The van der Waals surface area contributed by atoms with Crippen LogP contribution in [0.5, 0.6) is 0 Å². The van der Waals surface area contributed by atoms with E-state index in [0.29, 0.717) is 24.9 Å². The molecule has 0 unspecified atom stereocenters. The molecule has 0 aliphatic carbocycles. The van der Waals surface area contributed by atoms with Crippen LogP contribution in [0.25, 0.3) is 0 Å². The SMILES string of the molecule is CS(=O)(=O)Cc1ccc(CNC(=O)c2ccc3c(c2)CCC(=O)N3)cc1. The number of hydrogen-bond donors (Lipinski definition) is 2. The van der Waals surface area contributed by atoms with Crippen molar-refractivity contribution in [2.45, 2.75) is 25.1 Å². The molecule has 1 aliphatic heterocycles. The molecule has 2 aromatic rings. The van der Waals surface area contributed by atoms with Gasteiger partial charge < -0.3 is 10.6 Å². The van der Waals surface area contributed by atoms with Gasteiger partial charge >= 0.3 is 0 Å². The molecular weight excluding hydrogens is 352 g/mol. The Morgan fingerprint density at radius 3 is 2.46 bits per heavy atom. The van der Waals surface area contributed by atoms with E-state index < -0.39 is 9.84 Å². The second-order valence-electron chi connectivity index (χ2n) is 6.49. The van der Waals surface area contributed by atoms with Crippen molar-refractivity contribution in [3.63, 3.8) is 0 Å². The summed E-state index contributed by atoms with van der Waals surface area (Å²) in [4.78, 5) is 23.7. The first-order valence-electron chi connectivity index (χ1n) is 8.27. The van der Waals surface area contributed by atoms with Gasteiger partial charge in [-0.05, 0) is 41.3 Å². The number of carbonyl (C=O) groups excluding carboxylic acids is 2. The minimum Gasteiger partial charge on any atom is -0.348 e. The number of anilines is 1. The van der Waals surface area contributed by atoms with E-state index in [2.05, 4.69) is 10.6 Å². The molecule has 26 heavy (non-hydrogen) atoms. The van der Waals surface area contributed by atoms with E-state index in [0.717, 1.165) is 22.4 Å². The zero-order valence-electron chi connectivity index (χ0n) is 14.4. The number of hydrogen-bond acceptors (Lipinski definition) is 4. The number of carbonyl (C=O) groups is 2. The van der Waals surface area contributed by atoms with Crippen molar-refractivity contribution < 1.29 is 18.0 Å². The van der Waals surface area contributed by atoms with Crippen molar-refractivity contribution in [1.82, 2.24) is 5.32 Å². The van der Waals surface area contributed by atoms with E-state index in [4.69, 9.17) is 0 Å². The largest absolute Gasteiger partial charge is 0.348 e. The van der Waals surface area contributed by atoms with E-state index >= 15 is 0 Å². The van der Waals surface area contributed by atoms with Gasteiger partial charge in [0.2, 0.25) is 5.91 Å². The van der Waals surface area contributed by atoms with Crippen LogP contribution in [0, 0.1) is 0 Å². The predicted octanol–water partition coefficient (Wildman–Crippen LogP) is 2.05. The van der Waals surface area contributed by atoms with Gasteiger partial charge in [-0.25, -0.2) is 8.42 Å². The lowest BCUT2D eigenvalue weighted by atomic mass is 10.00. The number of aryl methyl sites for hydroxylation is 1. The third-order valence-electron chi connectivity index (χ3n) is 4.17. The number of rotatable bonds is 5. The van der Waals surface area contributed by atoms with Crippen LogP contribution in [0.4, 0.5) is 5.69 Å². The number of benzene rings is 2. The van der Waals surface area contributed by atoms with Crippen LogP contribution < -0.4 is 10.6 Å².